The number of carbonyl (C=O) groups excluding carboxylic acids is 1. The number of hydrogen-bond acceptors (Lipinski definition) is 6. The smallest absolute Gasteiger partial charge is 0.323 e. The fraction of sp³-hybridized carbons (Fsp3) is 0.0909. The summed E-state index contributed by atoms with van der Waals surface area (Å²) in [5.41, 5.74) is 1.21. The van der Waals surface area contributed by atoms with Crippen LogP contribution in [0.5, 0.6) is 17.4 Å². The molecule has 9 heteroatoms. The predicted molar refractivity (Wildman–Crippen MR) is 116 cm³/mol. The molecule has 0 unspecified atom stereocenters. The fourth-order valence-corrected chi connectivity index (χ4v) is 2.78. The van der Waals surface area contributed by atoms with Crippen molar-refractivity contribution in [2.24, 2.45) is 0 Å². The van der Waals surface area contributed by atoms with E-state index in [4.69, 9.17) is 9.47 Å². The van der Waals surface area contributed by atoms with Crippen molar-refractivity contribution < 1.29 is 14.3 Å². The molecule has 31 heavy (non-hydrogen) atoms. The topological polar surface area (TPSA) is 103 Å². The molecule has 0 fully saturated rings. The van der Waals surface area contributed by atoms with Crippen molar-refractivity contribution in [2.75, 3.05) is 17.2 Å². The third-order valence-corrected chi connectivity index (χ3v) is 4.14. The standard InChI is InChI=1S/C22H20N6O3/c1-2-30-19-7-4-3-6-18(19)27-22(29)26-16-8-10-17(11-9-16)31-21-14-20(23-15-24-21)28-13-5-12-25-28/h3-15H,2H2,1H3,(H2,26,27,29). The summed E-state index contributed by atoms with van der Waals surface area (Å²) in [5.74, 6) is 2.16. The first-order valence-electron chi connectivity index (χ1n) is 9.61. The average molecular weight is 416 g/mol. The summed E-state index contributed by atoms with van der Waals surface area (Å²) in [5, 5.41) is 9.70. The average Bonchev–Trinajstić information content (AvgIpc) is 3.32. The molecule has 156 valence electrons. The molecule has 0 aliphatic carbocycles. The largest absolute Gasteiger partial charge is 0.492 e. The third kappa shape index (κ3) is 5.15. The van der Waals surface area contributed by atoms with Crippen molar-refractivity contribution in [3.8, 4) is 23.2 Å². The minimum Gasteiger partial charge on any atom is -0.492 e. The van der Waals surface area contributed by atoms with Crippen LogP contribution in [0.15, 0.2) is 79.4 Å². The van der Waals surface area contributed by atoms with Crippen LogP contribution in [-0.2, 0) is 0 Å². The molecule has 0 aliphatic rings. The monoisotopic (exact) mass is 416 g/mol. The van der Waals surface area contributed by atoms with Gasteiger partial charge in [-0.1, -0.05) is 12.1 Å². The van der Waals surface area contributed by atoms with Gasteiger partial charge in [-0.25, -0.2) is 19.4 Å². The highest BCUT2D eigenvalue weighted by Gasteiger charge is 2.08. The highest BCUT2D eigenvalue weighted by Crippen LogP contribution is 2.25. The maximum Gasteiger partial charge on any atom is 0.323 e. The third-order valence-electron chi connectivity index (χ3n) is 4.14. The van der Waals surface area contributed by atoms with E-state index >= 15 is 0 Å². The van der Waals surface area contributed by atoms with Crippen molar-refractivity contribution in [3.63, 3.8) is 0 Å². The molecule has 0 saturated carbocycles. The van der Waals surface area contributed by atoms with Gasteiger partial charge in [-0.05, 0) is 49.4 Å². The Hall–Kier alpha value is -4.40. The molecular formula is C22H20N6O3. The minimum absolute atomic E-state index is 0.375. The lowest BCUT2D eigenvalue weighted by Gasteiger charge is -2.12. The normalized spacial score (nSPS) is 10.4. The van der Waals surface area contributed by atoms with E-state index < -0.39 is 0 Å². The predicted octanol–water partition coefficient (Wildman–Crippen LogP) is 4.50. The van der Waals surface area contributed by atoms with Crippen molar-refractivity contribution >= 4 is 17.4 Å². The van der Waals surface area contributed by atoms with Gasteiger partial charge in [-0.15, -0.1) is 0 Å². The van der Waals surface area contributed by atoms with Gasteiger partial charge in [0, 0.05) is 24.1 Å². The van der Waals surface area contributed by atoms with Gasteiger partial charge in [-0.3, -0.25) is 0 Å². The summed E-state index contributed by atoms with van der Waals surface area (Å²) in [6.45, 7) is 2.40. The Kier molecular flexibility index (Phi) is 6.03. The van der Waals surface area contributed by atoms with Gasteiger partial charge in [0.1, 0.15) is 17.8 Å². The number of nitrogens with zero attached hydrogens (tertiary/aromatic N) is 4. The van der Waals surface area contributed by atoms with E-state index in [0.717, 1.165) is 0 Å². The second-order valence-corrected chi connectivity index (χ2v) is 6.30. The number of carbonyl (C=O) groups is 1. The molecule has 0 spiro atoms. The molecule has 4 rings (SSSR count). The Morgan fingerprint density at radius 3 is 2.65 bits per heavy atom. The van der Waals surface area contributed by atoms with Crippen LogP contribution in [0.4, 0.5) is 16.2 Å². The second kappa shape index (κ2) is 9.40. The van der Waals surface area contributed by atoms with Crippen LogP contribution in [-0.4, -0.2) is 32.4 Å². The molecule has 0 saturated heterocycles. The van der Waals surface area contributed by atoms with Crippen molar-refractivity contribution in [1.29, 1.82) is 0 Å². The van der Waals surface area contributed by atoms with E-state index in [2.05, 4.69) is 25.7 Å². The maximum atomic E-state index is 12.3. The number of para-hydroxylation sites is 2. The van der Waals surface area contributed by atoms with Gasteiger partial charge in [0.2, 0.25) is 5.88 Å². The van der Waals surface area contributed by atoms with Gasteiger partial charge in [0.25, 0.3) is 0 Å². The molecule has 0 radical (unpaired) electrons. The summed E-state index contributed by atoms with van der Waals surface area (Å²) >= 11 is 0. The van der Waals surface area contributed by atoms with E-state index in [0.29, 0.717) is 41.2 Å². The van der Waals surface area contributed by atoms with Crippen LogP contribution in [0.2, 0.25) is 0 Å². The Labute approximate surface area is 178 Å². The molecule has 2 N–H and O–H groups in total. The lowest BCUT2D eigenvalue weighted by molar-refractivity contribution is 0.262. The zero-order chi connectivity index (χ0) is 21.5. The van der Waals surface area contributed by atoms with Crippen LogP contribution in [0.3, 0.4) is 0 Å². The minimum atomic E-state index is -0.375. The van der Waals surface area contributed by atoms with E-state index in [9.17, 15) is 4.79 Å². The number of benzene rings is 2. The van der Waals surface area contributed by atoms with Gasteiger partial charge in [-0.2, -0.15) is 5.10 Å². The number of rotatable bonds is 7. The zero-order valence-electron chi connectivity index (χ0n) is 16.7. The zero-order valence-corrected chi connectivity index (χ0v) is 16.7. The van der Waals surface area contributed by atoms with Gasteiger partial charge >= 0.3 is 6.03 Å². The number of anilines is 2. The van der Waals surface area contributed by atoms with Crippen LogP contribution in [0.1, 0.15) is 6.92 Å². The maximum absolute atomic E-state index is 12.3. The van der Waals surface area contributed by atoms with Crippen LogP contribution >= 0.6 is 0 Å². The Bertz CT molecular complexity index is 1150. The number of aromatic nitrogens is 4. The van der Waals surface area contributed by atoms with Crippen molar-refractivity contribution in [3.05, 3.63) is 79.4 Å². The number of nitrogens with one attached hydrogen (secondary N) is 2. The SMILES string of the molecule is CCOc1ccccc1NC(=O)Nc1ccc(Oc2cc(-n3cccn3)ncn2)cc1. The van der Waals surface area contributed by atoms with Crippen LogP contribution < -0.4 is 20.1 Å². The lowest BCUT2D eigenvalue weighted by Crippen LogP contribution is -2.19. The molecule has 0 bridgehead atoms. The molecule has 0 atom stereocenters. The van der Waals surface area contributed by atoms with Gasteiger partial charge < -0.3 is 20.1 Å². The molecule has 9 nitrogen and oxygen atoms in total. The van der Waals surface area contributed by atoms with Crippen molar-refractivity contribution in [1.82, 2.24) is 19.7 Å². The summed E-state index contributed by atoms with van der Waals surface area (Å²) in [6, 6.07) is 17.3. The van der Waals surface area contributed by atoms with Crippen LogP contribution in [0.25, 0.3) is 5.82 Å². The molecule has 2 aromatic heterocycles. The Balaban J connectivity index is 1.38. The van der Waals surface area contributed by atoms with E-state index in [1.807, 2.05) is 19.1 Å². The van der Waals surface area contributed by atoms with E-state index in [-0.39, 0.29) is 6.03 Å². The van der Waals surface area contributed by atoms with Gasteiger partial charge in [0.05, 0.1) is 12.3 Å². The Morgan fingerprint density at radius 1 is 1.03 bits per heavy atom. The summed E-state index contributed by atoms with van der Waals surface area (Å²) < 4.78 is 12.9. The molecule has 2 amide bonds. The number of urea groups is 1. The highest BCUT2D eigenvalue weighted by atomic mass is 16.5. The van der Waals surface area contributed by atoms with E-state index in [1.54, 1.807) is 65.6 Å². The molecule has 4 aromatic rings. The summed E-state index contributed by atoms with van der Waals surface area (Å²) in [7, 11) is 0. The first-order chi connectivity index (χ1) is 15.2. The van der Waals surface area contributed by atoms with Crippen molar-refractivity contribution in [2.45, 2.75) is 6.92 Å². The summed E-state index contributed by atoms with van der Waals surface area (Å²) in [4.78, 5) is 20.6. The first kappa shape index (κ1) is 19.9. The summed E-state index contributed by atoms with van der Waals surface area (Å²) in [6.07, 6.45) is 4.86. The van der Waals surface area contributed by atoms with Gasteiger partial charge in [0.15, 0.2) is 5.82 Å². The highest BCUT2D eigenvalue weighted by molar-refractivity contribution is 6.00. The molecule has 2 heterocycles. The van der Waals surface area contributed by atoms with Crippen LogP contribution in [0, 0.1) is 0 Å². The second-order valence-electron chi connectivity index (χ2n) is 6.30. The Morgan fingerprint density at radius 2 is 1.87 bits per heavy atom. The number of hydrogen-bond donors (Lipinski definition) is 2. The number of amides is 2. The molecule has 2 aromatic carbocycles. The molecule has 0 aliphatic heterocycles. The fourth-order valence-electron chi connectivity index (χ4n) is 2.78. The number of ether oxygens (including phenoxy) is 2. The lowest BCUT2D eigenvalue weighted by atomic mass is 10.3. The first-order valence-corrected chi connectivity index (χ1v) is 9.61. The quantitative estimate of drug-likeness (QED) is 0.460. The molecular weight excluding hydrogens is 396 g/mol. The van der Waals surface area contributed by atoms with E-state index in [1.165, 1.54) is 6.33 Å².